The molecule has 0 aliphatic carbocycles. The first-order valence-corrected chi connectivity index (χ1v) is 10.8. The maximum absolute atomic E-state index is 12.2. The Kier molecular flexibility index (Phi) is 7.60. The number of ether oxygens (including phenoxy) is 1. The zero-order chi connectivity index (χ0) is 19.2. The first-order valence-electron chi connectivity index (χ1n) is 8.55. The van der Waals surface area contributed by atoms with Gasteiger partial charge in [0.05, 0.1) is 18.1 Å². The van der Waals surface area contributed by atoms with Gasteiger partial charge in [-0.3, -0.25) is 9.69 Å². The molecule has 1 aliphatic heterocycles. The summed E-state index contributed by atoms with van der Waals surface area (Å²) in [4.78, 5) is 14.5. The summed E-state index contributed by atoms with van der Waals surface area (Å²) in [7, 11) is -3.61. The second-order valence-electron chi connectivity index (χ2n) is 6.79. The molecule has 0 unspecified atom stereocenters. The number of hydrogen-bond acceptors (Lipinski definition) is 5. The average molecular weight is 448 g/mol. The molecule has 1 aliphatic rings. The van der Waals surface area contributed by atoms with E-state index >= 15 is 0 Å². The van der Waals surface area contributed by atoms with Gasteiger partial charge in [0.1, 0.15) is 0 Å². The molecule has 1 aromatic rings. The standard InChI is InChI=1S/C17H26BrN3O4S/c1-17(2,21-9-11-25-12-10-21)13-19-16(22)7-8-20-26(23,24)15-5-3-14(18)4-6-15/h3-6,20H,7-13H2,1-2H3,(H,19,22). The number of morpholine rings is 1. The molecule has 0 atom stereocenters. The molecule has 1 aromatic carbocycles. The van der Waals surface area contributed by atoms with E-state index in [1.54, 1.807) is 12.1 Å². The van der Waals surface area contributed by atoms with Gasteiger partial charge in [-0.25, -0.2) is 13.1 Å². The van der Waals surface area contributed by atoms with Gasteiger partial charge in [-0.1, -0.05) is 15.9 Å². The molecule has 0 radical (unpaired) electrons. The zero-order valence-corrected chi connectivity index (χ0v) is 17.5. The Balaban J connectivity index is 1.75. The van der Waals surface area contributed by atoms with Crippen LogP contribution >= 0.6 is 15.9 Å². The molecule has 146 valence electrons. The fraction of sp³-hybridized carbons (Fsp3) is 0.588. The predicted octanol–water partition coefficient (Wildman–Crippen LogP) is 1.34. The third-order valence-corrected chi connectivity index (χ3v) is 6.36. The SMILES string of the molecule is CC(C)(CNC(=O)CCNS(=O)(=O)c1ccc(Br)cc1)N1CCOCC1. The Bertz CT molecular complexity index is 701. The summed E-state index contributed by atoms with van der Waals surface area (Å²) in [5.41, 5.74) is -0.170. The van der Waals surface area contributed by atoms with Crippen LogP contribution in [0.5, 0.6) is 0 Å². The number of carbonyl (C=O) groups excluding carboxylic acids is 1. The maximum Gasteiger partial charge on any atom is 0.240 e. The largest absolute Gasteiger partial charge is 0.379 e. The molecule has 0 bridgehead atoms. The van der Waals surface area contributed by atoms with E-state index < -0.39 is 10.0 Å². The van der Waals surface area contributed by atoms with Crippen LogP contribution in [0.1, 0.15) is 20.3 Å². The highest BCUT2D eigenvalue weighted by Crippen LogP contribution is 2.16. The van der Waals surface area contributed by atoms with Gasteiger partial charge >= 0.3 is 0 Å². The van der Waals surface area contributed by atoms with E-state index in [-0.39, 0.29) is 29.3 Å². The Morgan fingerprint density at radius 3 is 2.46 bits per heavy atom. The first-order chi connectivity index (χ1) is 12.2. The van der Waals surface area contributed by atoms with E-state index in [9.17, 15) is 13.2 Å². The highest BCUT2D eigenvalue weighted by Gasteiger charge is 2.28. The second-order valence-corrected chi connectivity index (χ2v) is 9.47. The van der Waals surface area contributed by atoms with Crippen molar-refractivity contribution in [2.75, 3.05) is 39.4 Å². The highest BCUT2D eigenvalue weighted by atomic mass is 79.9. The van der Waals surface area contributed by atoms with E-state index in [2.05, 4.69) is 44.7 Å². The Morgan fingerprint density at radius 2 is 1.85 bits per heavy atom. The number of nitrogens with one attached hydrogen (secondary N) is 2. The Labute approximate surface area is 163 Å². The minimum atomic E-state index is -3.61. The highest BCUT2D eigenvalue weighted by molar-refractivity contribution is 9.10. The second kappa shape index (κ2) is 9.27. The first kappa shape index (κ1) is 21.3. The molecular formula is C17H26BrN3O4S. The third-order valence-electron chi connectivity index (χ3n) is 4.35. The lowest BCUT2D eigenvalue weighted by Crippen LogP contribution is -2.55. The van der Waals surface area contributed by atoms with Crippen LogP contribution in [0.4, 0.5) is 0 Å². The molecule has 1 amide bonds. The number of nitrogens with zero attached hydrogens (tertiary/aromatic N) is 1. The van der Waals surface area contributed by atoms with Crippen LogP contribution in [-0.2, 0) is 19.6 Å². The summed E-state index contributed by atoms with van der Waals surface area (Å²) in [6, 6.07) is 6.35. The van der Waals surface area contributed by atoms with Gasteiger partial charge in [-0.05, 0) is 38.1 Å². The topological polar surface area (TPSA) is 87.7 Å². The molecule has 7 nitrogen and oxygen atoms in total. The summed E-state index contributed by atoms with van der Waals surface area (Å²) >= 11 is 3.27. The van der Waals surface area contributed by atoms with Crippen LogP contribution in [0.15, 0.2) is 33.6 Å². The fourth-order valence-electron chi connectivity index (χ4n) is 2.68. The number of carbonyl (C=O) groups is 1. The normalized spacial score (nSPS) is 16.4. The van der Waals surface area contributed by atoms with Gasteiger partial charge in [0.25, 0.3) is 0 Å². The average Bonchev–Trinajstić information content (AvgIpc) is 2.61. The molecule has 1 saturated heterocycles. The van der Waals surface area contributed by atoms with Crippen molar-refractivity contribution in [1.29, 1.82) is 0 Å². The van der Waals surface area contributed by atoms with Gasteiger partial charge < -0.3 is 10.1 Å². The van der Waals surface area contributed by atoms with Crippen molar-refractivity contribution >= 4 is 31.9 Å². The summed E-state index contributed by atoms with van der Waals surface area (Å²) in [6.45, 7) is 7.81. The van der Waals surface area contributed by atoms with Crippen molar-refractivity contribution in [3.63, 3.8) is 0 Å². The summed E-state index contributed by atoms with van der Waals surface area (Å²) in [5.74, 6) is -0.176. The molecule has 2 N–H and O–H groups in total. The smallest absolute Gasteiger partial charge is 0.240 e. The van der Waals surface area contributed by atoms with Crippen molar-refractivity contribution in [2.45, 2.75) is 30.7 Å². The number of benzene rings is 1. The van der Waals surface area contributed by atoms with E-state index in [0.717, 1.165) is 17.6 Å². The lowest BCUT2D eigenvalue weighted by Gasteiger charge is -2.40. The summed E-state index contributed by atoms with van der Waals surface area (Å²) in [6.07, 6.45) is 0.0922. The quantitative estimate of drug-likeness (QED) is 0.627. The van der Waals surface area contributed by atoms with E-state index in [1.807, 2.05) is 0 Å². The lowest BCUT2D eigenvalue weighted by atomic mass is 10.0. The van der Waals surface area contributed by atoms with Crippen molar-refractivity contribution in [3.8, 4) is 0 Å². The van der Waals surface area contributed by atoms with Crippen molar-refractivity contribution in [3.05, 3.63) is 28.7 Å². The van der Waals surface area contributed by atoms with Crippen LogP contribution in [0, 0.1) is 0 Å². The number of halogens is 1. The van der Waals surface area contributed by atoms with Crippen LogP contribution in [0.25, 0.3) is 0 Å². The Hall–Kier alpha value is -1.00. The number of amides is 1. The summed E-state index contributed by atoms with van der Waals surface area (Å²) < 4.78 is 33.0. The van der Waals surface area contributed by atoms with Crippen molar-refractivity contribution in [2.24, 2.45) is 0 Å². The molecule has 9 heteroatoms. The monoisotopic (exact) mass is 447 g/mol. The van der Waals surface area contributed by atoms with Crippen molar-refractivity contribution in [1.82, 2.24) is 14.9 Å². The van der Waals surface area contributed by atoms with Crippen molar-refractivity contribution < 1.29 is 17.9 Å². The Morgan fingerprint density at radius 1 is 1.23 bits per heavy atom. The number of sulfonamides is 1. The molecule has 1 fully saturated rings. The fourth-order valence-corrected chi connectivity index (χ4v) is 3.98. The van der Waals surface area contributed by atoms with Gasteiger partial charge in [0, 0.05) is 42.6 Å². The number of hydrogen-bond donors (Lipinski definition) is 2. The molecule has 0 saturated carbocycles. The van der Waals surface area contributed by atoms with E-state index in [1.165, 1.54) is 12.1 Å². The van der Waals surface area contributed by atoms with E-state index in [0.29, 0.717) is 19.8 Å². The van der Waals surface area contributed by atoms with E-state index in [4.69, 9.17) is 4.74 Å². The minimum Gasteiger partial charge on any atom is -0.379 e. The van der Waals surface area contributed by atoms with Crippen LogP contribution in [0.3, 0.4) is 0 Å². The lowest BCUT2D eigenvalue weighted by molar-refractivity contribution is -0.121. The third kappa shape index (κ3) is 6.31. The maximum atomic E-state index is 12.2. The molecule has 1 heterocycles. The summed E-state index contributed by atoms with van der Waals surface area (Å²) in [5, 5.41) is 2.89. The van der Waals surface area contributed by atoms with Gasteiger partial charge in [0.2, 0.25) is 15.9 Å². The molecule has 26 heavy (non-hydrogen) atoms. The van der Waals surface area contributed by atoms with Gasteiger partial charge in [-0.15, -0.1) is 0 Å². The minimum absolute atomic E-state index is 0.0578. The molecular weight excluding hydrogens is 422 g/mol. The van der Waals surface area contributed by atoms with Crippen LogP contribution in [0.2, 0.25) is 0 Å². The van der Waals surface area contributed by atoms with Gasteiger partial charge in [-0.2, -0.15) is 0 Å². The zero-order valence-electron chi connectivity index (χ0n) is 15.1. The van der Waals surface area contributed by atoms with Gasteiger partial charge in [0.15, 0.2) is 0 Å². The molecule has 0 aromatic heterocycles. The predicted molar refractivity (Wildman–Crippen MR) is 103 cm³/mol. The van der Waals surface area contributed by atoms with Crippen LogP contribution < -0.4 is 10.0 Å². The number of rotatable bonds is 8. The van der Waals surface area contributed by atoms with Crippen LogP contribution in [-0.4, -0.2) is 64.2 Å². The molecule has 2 rings (SSSR count). The molecule has 0 spiro atoms.